The molecule has 0 heterocycles. The van der Waals surface area contributed by atoms with Gasteiger partial charge in [0.2, 0.25) is 0 Å². The summed E-state index contributed by atoms with van der Waals surface area (Å²) in [5.74, 6) is 4.93. The van der Waals surface area contributed by atoms with Gasteiger partial charge in [-0.15, -0.1) is 0 Å². The molecule has 0 aromatic rings. The number of hydrogen-bond donors (Lipinski definition) is 4. The van der Waals surface area contributed by atoms with Crippen LogP contribution in [0, 0.1) is 46.3 Å². The van der Waals surface area contributed by atoms with Crippen LogP contribution in [-0.2, 0) is 14.2 Å². The molecular weight excluding hydrogens is 478 g/mol. The molecule has 0 aromatic heterocycles. The van der Waals surface area contributed by atoms with Crippen molar-refractivity contribution < 1.29 is 19.3 Å². The highest BCUT2D eigenvalue weighted by Gasteiger charge is 2.67. The normalized spacial score (nSPS) is 40.5. The summed E-state index contributed by atoms with van der Waals surface area (Å²) in [5, 5.41) is 10.2. The van der Waals surface area contributed by atoms with Gasteiger partial charge in [0.1, 0.15) is 0 Å². The molecule has 4 fully saturated rings. The molecule has 7 N–H and O–H groups in total. The minimum absolute atomic E-state index is 0.00839. The molecule has 7 nitrogen and oxygen atoms in total. The van der Waals surface area contributed by atoms with Crippen molar-refractivity contribution >= 4 is 0 Å². The van der Waals surface area contributed by atoms with Gasteiger partial charge < -0.3 is 36.5 Å². The maximum Gasteiger partial charge on any atom is 0.0649 e. The predicted octanol–water partition coefficient (Wildman–Crippen LogP) is 3.61. The van der Waals surface area contributed by atoms with Crippen LogP contribution in [0.5, 0.6) is 0 Å². The van der Waals surface area contributed by atoms with Gasteiger partial charge in [-0.3, -0.25) is 0 Å². The molecule has 4 aliphatic carbocycles. The van der Waals surface area contributed by atoms with Gasteiger partial charge in [0.15, 0.2) is 0 Å². The van der Waals surface area contributed by atoms with E-state index in [1.54, 1.807) is 11.8 Å². The lowest BCUT2D eigenvalue weighted by molar-refractivity contribution is -0.153. The van der Waals surface area contributed by atoms with E-state index in [2.05, 4.69) is 20.8 Å². The predicted molar refractivity (Wildman–Crippen MR) is 152 cm³/mol. The lowest BCUT2D eigenvalue weighted by atomic mass is 9.43. The lowest BCUT2D eigenvalue weighted by Gasteiger charge is -2.64. The zero-order valence-electron chi connectivity index (χ0n) is 24.5. The Kier molecular flexibility index (Phi) is 11.0. The van der Waals surface area contributed by atoms with Crippen LogP contribution < -0.4 is 17.2 Å². The van der Waals surface area contributed by atoms with E-state index >= 15 is 0 Å². The smallest absolute Gasteiger partial charge is 0.0649 e. The number of aliphatic hydroxyl groups excluding tert-OH is 1. The third-order valence-electron chi connectivity index (χ3n) is 11.1. The summed E-state index contributed by atoms with van der Waals surface area (Å²) in [6.45, 7) is 11.6. The molecule has 4 rings (SSSR count). The van der Waals surface area contributed by atoms with Crippen molar-refractivity contribution in [1.82, 2.24) is 0 Å². The summed E-state index contributed by atoms with van der Waals surface area (Å²) in [5.41, 5.74) is 17.6. The lowest BCUT2D eigenvalue weighted by Crippen LogP contribution is -2.62. The molecule has 0 saturated heterocycles. The van der Waals surface area contributed by atoms with E-state index in [0.717, 1.165) is 64.4 Å². The second-order valence-electron chi connectivity index (χ2n) is 13.2. The van der Waals surface area contributed by atoms with Gasteiger partial charge in [-0.25, -0.2) is 0 Å². The Morgan fingerprint density at radius 3 is 2.18 bits per heavy atom. The van der Waals surface area contributed by atoms with Gasteiger partial charge in [0.25, 0.3) is 0 Å². The molecule has 9 atom stereocenters. The van der Waals surface area contributed by atoms with Crippen molar-refractivity contribution in [1.29, 1.82) is 0 Å². The van der Waals surface area contributed by atoms with Crippen molar-refractivity contribution in [3.05, 3.63) is 11.8 Å². The van der Waals surface area contributed by atoms with Crippen LogP contribution in [0.4, 0.5) is 0 Å². The largest absolute Gasteiger partial charge is 0.396 e. The SMILES string of the molecule is C[C@H](CO)[C@H]1CC[C@H]2[C]3[C@H](OCCCN)C[C]4C[C@H](OCCCN)CC[C@]4(C)[C@H]3C[C@H](OCCCN)[C@]12C. The molecule has 0 aliphatic heterocycles. The molecule has 0 amide bonds. The number of aliphatic hydroxyl groups is 1. The Labute approximate surface area is 232 Å². The van der Waals surface area contributed by atoms with Crippen LogP contribution in [0.15, 0.2) is 0 Å². The van der Waals surface area contributed by atoms with Crippen LogP contribution in [0.25, 0.3) is 0 Å². The van der Waals surface area contributed by atoms with Gasteiger partial charge in [-0.2, -0.15) is 0 Å². The zero-order valence-corrected chi connectivity index (χ0v) is 24.5. The molecule has 2 radical (unpaired) electrons. The third-order valence-corrected chi connectivity index (χ3v) is 11.1. The molecule has 0 spiro atoms. The Hall–Kier alpha value is -0.280. The molecule has 220 valence electrons. The van der Waals surface area contributed by atoms with Crippen LogP contribution in [0.3, 0.4) is 0 Å². The van der Waals surface area contributed by atoms with E-state index in [9.17, 15) is 5.11 Å². The minimum Gasteiger partial charge on any atom is -0.396 e. The molecule has 4 aliphatic rings. The van der Waals surface area contributed by atoms with Gasteiger partial charge in [0, 0.05) is 37.8 Å². The summed E-state index contributed by atoms with van der Waals surface area (Å²) in [6, 6.07) is 0. The Balaban J connectivity index is 1.64. The Morgan fingerprint density at radius 1 is 0.868 bits per heavy atom. The molecule has 0 aromatic carbocycles. The zero-order chi connectivity index (χ0) is 27.3. The maximum atomic E-state index is 10.2. The van der Waals surface area contributed by atoms with Gasteiger partial charge in [-0.05, 0) is 119 Å². The fourth-order valence-corrected chi connectivity index (χ4v) is 8.99. The topological polar surface area (TPSA) is 126 Å². The van der Waals surface area contributed by atoms with Crippen LogP contribution in [-0.4, -0.2) is 69.5 Å². The first-order chi connectivity index (χ1) is 18.3. The van der Waals surface area contributed by atoms with Crippen molar-refractivity contribution in [3.63, 3.8) is 0 Å². The molecule has 7 heteroatoms. The Bertz CT molecular complexity index is 727. The number of nitrogens with two attached hydrogens (primary N) is 3. The third kappa shape index (κ3) is 5.86. The molecule has 38 heavy (non-hydrogen) atoms. The second-order valence-corrected chi connectivity index (χ2v) is 13.2. The molecule has 0 bridgehead atoms. The molecular formula is C31H57N3O4. The summed E-state index contributed by atoms with van der Waals surface area (Å²) >= 11 is 0. The van der Waals surface area contributed by atoms with Crippen molar-refractivity contribution in [2.45, 2.75) is 103 Å². The highest BCUT2D eigenvalue weighted by atomic mass is 16.5. The number of ether oxygens (including phenoxy) is 3. The summed E-state index contributed by atoms with van der Waals surface area (Å²) in [6.07, 6.45) is 11.0. The van der Waals surface area contributed by atoms with Crippen molar-refractivity contribution in [2.24, 2.45) is 51.7 Å². The average Bonchev–Trinajstić information content (AvgIpc) is 3.27. The quantitative estimate of drug-likeness (QED) is 0.250. The van der Waals surface area contributed by atoms with E-state index in [1.807, 2.05) is 0 Å². The van der Waals surface area contributed by atoms with E-state index < -0.39 is 0 Å². The van der Waals surface area contributed by atoms with E-state index in [4.69, 9.17) is 31.4 Å². The van der Waals surface area contributed by atoms with Crippen molar-refractivity contribution in [2.75, 3.05) is 46.1 Å². The molecule has 0 unspecified atom stereocenters. The Morgan fingerprint density at radius 2 is 1.53 bits per heavy atom. The van der Waals surface area contributed by atoms with Crippen LogP contribution in [0.1, 0.15) is 85.0 Å². The first-order valence-electron chi connectivity index (χ1n) is 15.6. The highest BCUT2D eigenvalue weighted by Crippen LogP contribution is 2.70. The second kappa shape index (κ2) is 13.6. The monoisotopic (exact) mass is 535 g/mol. The minimum atomic E-state index is 0.00839. The van der Waals surface area contributed by atoms with Crippen molar-refractivity contribution in [3.8, 4) is 0 Å². The van der Waals surface area contributed by atoms with Gasteiger partial charge in [-0.1, -0.05) is 20.8 Å². The number of hydrogen-bond acceptors (Lipinski definition) is 7. The fourth-order valence-electron chi connectivity index (χ4n) is 8.99. The number of fused-ring (bicyclic) bond motifs is 5. The van der Waals surface area contributed by atoms with Gasteiger partial charge >= 0.3 is 0 Å². The summed E-state index contributed by atoms with van der Waals surface area (Å²) < 4.78 is 19.8. The summed E-state index contributed by atoms with van der Waals surface area (Å²) in [7, 11) is 0. The fraction of sp³-hybridized carbons (Fsp3) is 0.935. The van der Waals surface area contributed by atoms with E-state index in [-0.39, 0.29) is 35.6 Å². The average molecular weight is 536 g/mol. The van der Waals surface area contributed by atoms with E-state index in [1.165, 1.54) is 6.42 Å². The first kappa shape index (κ1) is 30.7. The standard InChI is InChI=1S/C31H57N3O4/c1-21(20-35)24-7-8-25-29-26(19-28(31(24,25)3)38-16-6-13-34)30(2)10-9-23(36-14-4-11-32)17-22(30)18-27(29)37-15-5-12-33/h21,23-28,35H,4-20,32-34H2,1-3H3/t21-,23-,24-,25+,26+,27-,28+,30+,31-/m1/s1. The summed E-state index contributed by atoms with van der Waals surface area (Å²) in [4.78, 5) is 0. The molecule has 4 saturated carbocycles. The van der Waals surface area contributed by atoms with Crippen LogP contribution >= 0.6 is 0 Å². The highest BCUT2D eigenvalue weighted by molar-refractivity contribution is 5.32. The number of rotatable bonds is 14. The van der Waals surface area contributed by atoms with E-state index in [0.29, 0.717) is 56.7 Å². The first-order valence-corrected chi connectivity index (χ1v) is 15.6. The van der Waals surface area contributed by atoms with Gasteiger partial charge in [0.05, 0.1) is 18.3 Å². The maximum absolute atomic E-state index is 10.2. The van der Waals surface area contributed by atoms with Crippen LogP contribution in [0.2, 0.25) is 0 Å².